The van der Waals surface area contributed by atoms with Gasteiger partial charge in [0.1, 0.15) is 0 Å². The van der Waals surface area contributed by atoms with Gasteiger partial charge in [0.25, 0.3) is 0 Å². The zero-order chi connectivity index (χ0) is 15.1. The summed E-state index contributed by atoms with van der Waals surface area (Å²) in [6, 6.07) is 0. The van der Waals surface area contributed by atoms with E-state index in [2.05, 4.69) is 31.0 Å². The van der Waals surface area contributed by atoms with Crippen molar-refractivity contribution in [3.05, 3.63) is 0 Å². The quantitative estimate of drug-likeness (QED) is 0.446. The zero-order valence-corrected chi connectivity index (χ0v) is 14.2. The number of aliphatic imine (C=N–C) groups is 1. The lowest BCUT2D eigenvalue weighted by molar-refractivity contribution is 0.109. The number of nitrogens with one attached hydrogen (secondary N) is 1. The van der Waals surface area contributed by atoms with Gasteiger partial charge < -0.3 is 15.0 Å². The van der Waals surface area contributed by atoms with E-state index in [0.29, 0.717) is 11.3 Å². The molecule has 122 valence electrons. The Morgan fingerprint density at radius 3 is 2.71 bits per heavy atom. The average Bonchev–Trinajstić information content (AvgIpc) is 2.86. The molecular formula is C17H33N3O. The summed E-state index contributed by atoms with van der Waals surface area (Å²) >= 11 is 0. The first-order valence-corrected chi connectivity index (χ1v) is 8.76. The lowest BCUT2D eigenvalue weighted by Gasteiger charge is -2.38. The van der Waals surface area contributed by atoms with Crippen molar-refractivity contribution in [2.75, 3.05) is 39.4 Å². The second kappa shape index (κ2) is 8.02. The number of likely N-dealkylation sites (tertiary alicyclic amines) is 1. The highest BCUT2D eigenvalue weighted by Crippen LogP contribution is 2.47. The average molecular weight is 295 g/mol. The summed E-state index contributed by atoms with van der Waals surface area (Å²) in [5.74, 6) is 1.74. The van der Waals surface area contributed by atoms with E-state index >= 15 is 0 Å². The number of hydrogen-bond donors (Lipinski definition) is 1. The van der Waals surface area contributed by atoms with E-state index in [1.807, 2.05) is 0 Å². The van der Waals surface area contributed by atoms with Crippen LogP contribution in [0.2, 0.25) is 0 Å². The van der Waals surface area contributed by atoms with Gasteiger partial charge in [0.15, 0.2) is 5.96 Å². The van der Waals surface area contributed by atoms with Crippen molar-refractivity contribution >= 4 is 5.96 Å². The van der Waals surface area contributed by atoms with Crippen LogP contribution in [0.1, 0.15) is 52.9 Å². The van der Waals surface area contributed by atoms with Gasteiger partial charge in [-0.2, -0.15) is 0 Å². The Labute approximate surface area is 130 Å². The third kappa shape index (κ3) is 4.87. The third-order valence-corrected chi connectivity index (χ3v) is 4.65. The summed E-state index contributed by atoms with van der Waals surface area (Å²) in [7, 11) is 0. The lowest BCUT2D eigenvalue weighted by atomic mass is 9.68. The molecule has 0 amide bonds. The Kier molecular flexibility index (Phi) is 6.34. The molecule has 4 nitrogen and oxygen atoms in total. The maximum absolute atomic E-state index is 5.62. The van der Waals surface area contributed by atoms with Crippen LogP contribution in [0.5, 0.6) is 0 Å². The largest absolute Gasteiger partial charge is 0.381 e. The molecule has 0 aromatic carbocycles. The van der Waals surface area contributed by atoms with Crippen LogP contribution in [0.3, 0.4) is 0 Å². The molecule has 4 heteroatoms. The predicted molar refractivity (Wildman–Crippen MR) is 88.7 cm³/mol. The lowest BCUT2D eigenvalue weighted by Crippen LogP contribution is -2.42. The molecule has 0 bridgehead atoms. The normalized spacial score (nSPS) is 21.1. The highest BCUT2D eigenvalue weighted by Gasteiger charge is 2.43. The zero-order valence-electron chi connectivity index (χ0n) is 14.2. The molecule has 21 heavy (non-hydrogen) atoms. The summed E-state index contributed by atoms with van der Waals surface area (Å²) in [6.45, 7) is 12.4. The van der Waals surface area contributed by atoms with Gasteiger partial charge in [-0.05, 0) is 43.9 Å². The first-order valence-electron chi connectivity index (χ1n) is 8.76. The monoisotopic (exact) mass is 295 g/mol. The summed E-state index contributed by atoms with van der Waals surface area (Å²) < 4.78 is 5.62. The molecule has 0 aromatic rings. The van der Waals surface area contributed by atoms with Crippen LogP contribution >= 0.6 is 0 Å². The smallest absolute Gasteiger partial charge is 0.193 e. The van der Waals surface area contributed by atoms with Crippen molar-refractivity contribution in [3.63, 3.8) is 0 Å². The van der Waals surface area contributed by atoms with Crippen molar-refractivity contribution in [2.45, 2.75) is 52.9 Å². The van der Waals surface area contributed by atoms with Crippen LogP contribution in [-0.2, 0) is 4.74 Å². The molecular weight excluding hydrogens is 262 g/mol. The minimum Gasteiger partial charge on any atom is -0.381 e. The Balaban J connectivity index is 1.72. The fraction of sp³-hybridized carbons (Fsp3) is 0.941. The van der Waals surface area contributed by atoms with Crippen LogP contribution in [0.25, 0.3) is 0 Å². The number of rotatable bonds is 7. The number of ether oxygens (including phenoxy) is 1. The fourth-order valence-corrected chi connectivity index (χ4v) is 3.30. The van der Waals surface area contributed by atoms with Crippen LogP contribution < -0.4 is 5.32 Å². The molecule has 2 rings (SSSR count). The van der Waals surface area contributed by atoms with Crippen molar-refractivity contribution < 1.29 is 4.74 Å². The molecule has 1 aliphatic carbocycles. The van der Waals surface area contributed by atoms with Gasteiger partial charge in [-0.25, -0.2) is 0 Å². The Morgan fingerprint density at radius 2 is 2.14 bits per heavy atom. The van der Waals surface area contributed by atoms with Crippen LogP contribution in [0.15, 0.2) is 4.99 Å². The molecule has 0 atom stereocenters. The van der Waals surface area contributed by atoms with Gasteiger partial charge in [0.05, 0.1) is 0 Å². The second-order valence-electron chi connectivity index (χ2n) is 7.08. The van der Waals surface area contributed by atoms with Gasteiger partial charge >= 0.3 is 0 Å². The van der Waals surface area contributed by atoms with Gasteiger partial charge in [0.2, 0.25) is 0 Å². The van der Waals surface area contributed by atoms with E-state index < -0.39 is 0 Å². The van der Waals surface area contributed by atoms with Crippen LogP contribution in [-0.4, -0.2) is 50.3 Å². The molecule has 0 aromatic heterocycles. The van der Waals surface area contributed by atoms with Crippen molar-refractivity contribution in [3.8, 4) is 0 Å². The molecule has 0 radical (unpaired) electrons. The molecule has 1 saturated heterocycles. The summed E-state index contributed by atoms with van der Waals surface area (Å²) in [6.07, 6.45) is 6.64. The first-order chi connectivity index (χ1) is 10.2. The van der Waals surface area contributed by atoms with Crippen molar-refractivity contribution in [2.24, 2.45) is 16.3 Å². The summed E-state index contributed by atoms with van der Waals surface area (Å²) in [5, 5.41) is 3.45. The second-order valence-corrected chi connectivity index (χ2v) is 7.08. The maximum Gasteiger partial charge on any atom is 0.193 e. The molecule has 0 unspecified atom stereocenters. The molecule has 2 aliphatic rings. The van der Waals surface area contributed by atoms with Gasteiger partial charge in [-0.3, -0.25) is 4.99 Å². The predicted octanol–water partition coefficient (Wildman–Crippen LogP) is 2.89. The maximum atomic E-state index is 5.62. The number of nitrogens with zero attached hydrogens (tertiary/aromatic N) is 2. The molecule has 1 aliphatic heterocycles. The Hall–Kier alpha value is -0.770. The Morgan fingerprint density at radius 1 is 1.33 bits per heavy atom. The molecule has 1 heterocycles. The summed E-state index contributed by atoms with van der Waals surface area (Å²) in [5.41, 5.74) is 0.635. The molecule has 1 saturated carbocycles. The molecule has 2 fully saturated rings. The van der Waals surface area contributed by atoms with Crippen LogP contribution in [0.4, 0.5) is 0 Å². The number of hydrogen-bond acceptors (Lipinski definition) is 2. The highest BCUT2D eigenvalue weighted by atomic mass is 16.5. The van der Waals surface area contributed by atoms with Gasteiger partial charge in [-0.1, -0.05) is 20.3 Å². The summed E-state index contributed by atoms with van der Waals surface area (Å²) in [4.78, 5) is 7.26. The molecule has 1 N–H and O–H groups in total. The molecule has 1 spiro atoms. The topological polar surface area (TPSA) is 36.9 Å². The van der Waals surface area contributed by atoms with Crippen molar-refractivity contribution in [1.82, 2.24) is 10.2 Å². The van der Waals surface area contributed by atoms with E-state index in [4.69, 9.17) is 9.73 Å². The van der Waals surface area contributed by atoms with Gasteiger partial charge in [-0.15, -0.1) is 0 Å². The van der Waals surface area contributed by atoms with Crippen LogP contribution in [0, 0.1) is 11.3 Å². The SMILES string of the molecule is CCNC(=NCCCOCC(C)C)N1CCC2(CCC2)C1. The van der Waals surface area contributed by atoms with E-state index in [-0.39, 0.29) is 0 Å². The van der Waals surface area contributed by atoms with E-state index in [1.165, 1.54) is 38.8 Å². The third-order valence-electron chi connectivity index (χ3n) is 4.65. The van der Waals surface area contributed by atoms with E-state index in [9.17, 15) is 0 Å². The minimum atomic E-state index is 0.620. The first kappa shape index (κ1) is 16.6. The fourth-order valence-electron chi connectivity index (χ4n) is 3.30. The van der Waals surface area contributed by atoms with E-state index in [1.54, 1.807) is 0 Å². The standard InChI is InChI=1S/C17H33N3O/c1-4-18-16(19-10-6-12-21-13-15(2)3)20-11-9-17(14-20)7-5-8-17/h15H,4-14H2,1-3H3,(H,18,19). The van der Waals surface area contributed by atoms with Crippen molar-refractivity contribution in [1.29, 1.82) is 0 Å². The van der Waals surface area contributed by atoms with Gasteiger partial charge in [0, 0.05) is 39.4 Å². The Bertz CT molecular complexity index is 337. The minimum absolute atomic E-state index is 0.620. The van der Waals surface area contributed by atoms with E-state index in [0.717, 1.165) is 38.7 Å². The number of guanidine groups is 1. The highest BCUT2D eigenvalue weighted by molar-refractivity contribution is 5.80.